The zero-order valence-electron chi connectivity index (χ0n) is 13.3. The Morgan fingerprint density at radius 3 is 2.91 bits per heavy atom. The number of carbonyl (C=O) groups excluding carboxylic acids is 1. The van der Waals surface area contributed by atoms with E-state index < -0.39 is 0 Å². The Hall–Kier alpha value is -1.65. The van der Waals surface area contributed by atoms with Crippen molar-refractivity contribution in [2.45, 2.75) is 32.4 Å². The molecule has 2 aliphatic heterocycles. The molecule has 4 nitrogen and oxygen atoms in total. The minimum atomic E-state index is -0.0735. The predicted molar refractivity (Wildman–Crippen MR) is 88.6 cm³/mol. The van der Waals surface area contributed by atoms with Gasteiger partial charge in [0.2, 0.25) is 5.91 Å². The van der Waals surface area contributed by atoms with Crippen LogP contribution in [0.3, 0.4) is 0 Å². The first kappa shape index (κ1) is 15.3. The van der Waals surface area contributed by atoms with E-state index in [2.05, 4.69) is 45.9 Å². The van der Waals surface area contributed by atoms with Crippen molar-refractivity contribution in [3.8, 4) is 0 Å². The van der Waals surface area contributed by atoms with Crippen molar-refractivity contribution >= 4 is 5.91 Å². The lowest BCUT2D eigenvalue weighted by atomic mass is 9.98. The van der Waals surface area contributed by atoms with Gasteiger partial charge in [-0.05, 0) is 37.4 Å². The molecule has 22 heavy (non-hydrogen) atoms. The van der Waals surface area contributed by atoms with Gasteiger partial charge in [0.15, 0.2) is 0 Å². The molecule has 3 rings (SSSR count). The van der Waals surface area contributed by atoms with Crippen LogP contribution in [0.15, 0.2) is 35.9 Å². The van der Waals surface area contributed by atoms with Crippen LogP contribution in [0.2, 0.25) is 0 Å². The third-order valence-corrected chi connectivity index (χ3v) is 4.73. The zero-order valence-corrected chi connectivity index (χ0v) is 13.3. The molecule has 0 bridgehead atoms. The monoisotopic (exact) mass is 299 g/mol. The van der Waals surface area contributed by atoms with E-state index in [1.54, 1.807) is 0 Å². The van der Waals surface area contributed by atoms with Crippen molar-refractivity contribution in [1.82, 2.24) is 15.5 Å². The molecule has 118 valence electrons. The fraction of sp³-hybridized carbons (Fsp3) is 0.500. The molecule has 2 aliphatic rings. The number of carbonyl (C=O) groups is 1. The van der Waals surface area contributed by atoms with Crippen molar-refractivity contribution in [3.63, 3.8) is 0 Å². The van der Waals surface area contributed by atoms with Gasteiger partial charge in [-0.25, -0.2) is 0 Å². The lowest BCUT2D eigenvalue weighted by molar-refractivity contribution is -0.126. The normalized spacial score (nSPS) is 20.0. The van der Waals surface area contributed by atoms with Crippen LogP contribution in [0.4, 0.5) is 0 Å². The molecule has 0 saturated carbocycles. The summed E-state index contributed by atoms with van der Waals surface area (Å²) in [6.07, 6.45) is 4.25. The van der Waals surface area contributed by atoms with Gasteiger partial charge in [-0.2, -0.15) is 0 Å². The topological polar surface area (TPSA) is 44.4 Å². The summed E-state index contributed by atoms with van der Waals surface area (Å²) in [5.41, 5.74) is 4.11. The van der Waals surface area contributed by atoms with Crippen molar-refractivity contribution in [2.24, 2.45) is 0 Å². The molecule has 1 atom stereocenters. The fourth-order valence-electron chi connectivity index (χ4n) is 3.19. The van der Waals surface area contributed by atoms with Gasteiger partial charge >= 0.3 is 0 Å². The molecule has 0 radical (unpaired) electrons. The van der Waals surface area contributed by atoms with Gasteiger partial charge in [0.1, 0.15) is 0 Å². The second-order valence-corrected chi connectivity index (χ2v) is 6.20. The van der Waals surface area contributed by atoms with Crippen molar-refractivity contribution in [2.75, 3.05) is 26.2 Å². The molecule has 0 spiro atoms. The molecule has 0 fully saturated rings. The minimum absolute atomic E-state index is 0.0735. The molecule has 2 heterocycles. The minimum Gasteiger partial charge on any atom is -0.351 e. The average Bonchev–Trinajstić information content (AvgIpc) is 2.59. The Kier molecular flexibility index (Phi) is 4.90. The Morgan fingerprint density at radius 2 is 2.14 bits per heavy atom. The number of fused-ring (bicyclic) bond motifs is 1. The Morgan fingerprint density at radius 1 is 1.32 bits per heavy atom. The SMILES string of the molecule is CC(C(=O)NCC1=CCNCC1)N1CCc2ccccc2C1. The Bertz CT molecular complexity index is 567. The molecule has 1 aromatic carbocycles. The summed E-state index contributed by atoms with van der Waals surface area (Å²) < 4.78 is 0. The summed E-state index contributed by atoms with van der Waals surface area (Å²) in [5, 5.41) is 6.39. The fourth-order valence-corrected chi connectivity index (χ4v) is 3.19. The first-order valence-electron chi connectivity index (χ1n) is 8.21. The molecule has 1 aromatic rings. The molecule has 0 aliphatic carbocycles. The van der Waals surface area contributed by atoms with Crippen LogP contribution in [0.5, 0.6) is 0 Å². The van der Waals surface area contributed by atoms with E-state index >= 15 is 0 Å². The average molecular weight is 299 g/mol. The van der Waals surface area contributed by atoms with E-state index in [1.165, 1.54) is 16.7 Å². The Balaban J connectivity index is 1.54. The highest BCUT2D eigenvalue weighted by Gasteiger charge is 2.25. The molecule has 0 aromatic heterocycles. The Labute approximate surface area is 132 Å². The number of rotatable bonds is 4. The van der Waals surface area contributed by atoms with Crippen LogP contribution in [0.25, 0.3) is 0 Å². The van der Waals surface area contributed by atoms with Gasteiger partial charge in [-0.15, -0.1) is 0 Å². The highest BCUT2D eigenvalue weighted by molar-refractivity contribution is 5.81. The molecular formula is C18H25N3O. The second kappa shape index (κ2) is 7.07. The number of hydrogen-bond donors (Lipinski definition) is 2. The molecule has 2 N–H and O–H groups in total. The maximum atomic E-state index is 12.4. The maximum Gasteiger partial charge on any atom is 0.237 e. The number of nitrogens with zero attached hydrogens (tertiary/aromatic N) is 1. The smallest absolute Gasteiger partial charge is 0.237 e. The number of benzene rings is 1. The van der Waals surface area contributed by atoms with Gasteiger partial charge < -0.3 is 10.6 Å². The molecule has 1 amide bonds. The predicted octanol–water partition coefficient (Wildman–Crippen LogP) is 1.47. The second-order valence-electron chi connectivity index (χ2n) is 6.20. The third-order valence-electron chi connectivity index (χ3n) is 4.73. The van der Waals surface area contributed by atoms with E-state index in [1.807, 2.05) is 6.92 Å². The molecule has 0 saturated heterocycles. The number of amides is 1. The number of hydrogen-bond acceptors (Lipinski definition) is 3. The van der Waals surface area contributed by atoms with Crippen LogP contribution in [0, 0.1) is 0 Å². The van der Waals surface area contributed by atoms with Crippen LogP contribution in [-0.2, 0) is 17.8 Å². The first-order valence-corrected chi connectivity index (χ1v) is 8.21. The molecular weight excluding hydrogens is 274 g/mol. The summed E-state index contributed by atoms with van der Waals surface area (Å²) >= 11 is 0. The van der Waals surface area contributed by atoms with Crippen LogP contribution in [0.1, 0.15) is 24.5 Å². The largest absolute Gasteiger partial charge is 0.351 e. The van der Waals surface area contributed by atoms with Gasteiger partial charge in [-0.3, -0.25) is 9.69 Å². The van der Waals surface area contributed by atoms with Crippen molar-refractivity contribution in [1.29, 1.82) is 0 Å². The van der Waals surface area contributed by atoms with E-state index in [4.69, 9.17) is 0 Å². The number of nitrogens with one attached hydrogen (secondary N) is 2. The summed E-state index contributed by atoms with van der Waals surface area (Å²) in [4.78, 5) is 14.7. The van der Waals surface area contributed by atoms with Crippen LogP contribution >= 0.6 is 0 Å². The lowest BCUT2D eigenvalue weighted by Crippen LogP contribution is -2.47. The summed E-state index contributed by atoms with van der Waals surface area (Å²) in [7, 11) is 0. The third kappa shape index (κ3) is 3.57. The van der Waals surface area contributed by atoms with Gasteiger partial charge in [-0.1, -0.05) is 35.9 Å². The van der Waals surface area contributed by atoms with Gasteiger partial charge in [0, 0.05) is 26.2 Å². The van der Waals surface area contributed by atoms with Crippen molar-refractivity contribution < 1.29 is 4.79 Å². The van der Waals surface area contributed by atoms with Crippen LogP contribution in [-0.4, -0.2) is 43.0 Å². The van der Waals surface area contributed by atoms with Crippen molar-refractivity contribution in [3.05, 3.63) is 47.0 Å². The zero-order chi connectivity index (χ0) is 15.4. The van der Waals surface area contributed by atoms with Crippen LogP contribution < -0.4 is 10.6 Å². The summed E-state index contributed by atoms with van der Waals surface area (Å²) in [6, 6.07) is 8.47. The highest BCUT2D eigenvalue weighted by atomic mass is 16.2. The van der Waals surface area contributed by atoms with E-state index in [-0.39, 0.29) is 11.9 Å². The van der Waals surface area contributed by atoms with Gasteiger partial charge in [0.05, 0.1) is 6.04 Å². The molecule has 1 unspecified atom stereocenters. The highest BCUT2D eigenvalue weighted by Crippen LogP contribution is 2.20. The summed E-state index contributed by atoms with van der Waals surface area (Å²) in [6.45, 7) is 6.47. The first-order chi connectivity index (χ1) is 10.7. The maximum absolute atomic E-state index is 12.4. The lowest BCUT2D eigenvalue weighted by Gasteiger charge is -2.33. The summed E-state index contributed by atoms with van der Waals surface area (Å²) in [5.74, 6) is 0.138. The molecule has 4 heteroatoms. The quantitative estimate of drug-likeness (QED) is 0.828. The van der Waals surface area contributed by atoms with E-state index in [9.17, 15) is 4.79 Å². The van der Waals surface area contributed by atoms with E-state index in [0.29, 0.717) is 6.54 Å². The van der Waals surface area contributed by atoms with Gasteiger partial charge in [0.25, 0.3) is 0 Å². The van der Waals surface area contributed by atoms with E-state index in [0.717, 1.165) is 39.0 Å². The standard InChI is InChI=1S/C18H25N3O/c1-14(18(22)20-12-15-6-9-19-10-7-15)21-11-8-16-4-2-3-5-17(16)13-21/h2-6,14,19H,7-13H2,1H3,(H,20,22).